The first-order valence-electron chi connectivity index (χ1n) is 11.3. The zero-order valence-corrected chi connectivity index (χ0v) is 21.0. The van der Waals surface area contributed by atoms with Crippen molar-refractivity contribution < 1.29 is 19.4 Å². The van der Waals surface area contributed by atoms with E-state index in [2.05, 4.69) is 10.5 Å². The van der Waals surface area contributed by atoms with Crippen LogP contribution in [0.5, 0.6) is 17.2 Å². The average Bonchev–Trinajstić information content (AvgIpc) is 2.88. The molecule has 0 radical (unpaired) electrons. The Morgan fingerprint density at radius 3 is 2.61 bits per heavy atom. The number of nitrogens with zero attached hydrogens (tertiary/aromatic N) is 1. The van der Waals surface area contributed by atoms with Crippen molar-refractivity contribution in [2.75, 3.05) is 0 Å². The molecular weight excluding hydrogens is 499 g/mol. The van der Waals surface area contributed by atoms with Gasteiger partial charge in [-0.15, -0.1) is 0 Å². The van der Waals surface area contributed by atoms with Crippen LogP contribution in [0.15, 0.2) is 84.0 Å². The third kappa shape index (κ3) is 6.47. The first kappa shape index (κ1) is 25.4. The molecule has 1 amide bonds. The number of hydrogen-bond donors (Lipinski definition) is 2. The van der Waals surface area contributed by atoms with E-state index in [0.29, 0.717) is 34.6 Å². The lowest BCUT2D eigenvalue weighted by Gasteiger charge is -2.16. The lowest BCUT2D eigenvalue weighted by atomic mass is 10.1. The quantitative estimate of drug-likeness (QED) is 0.188. The highest BCUT2D eigenvalue weighted by atomic mass is 35.5. The van der Waals surface area contributed by atoms with Crippen molar-refractivity contribution in [3.63, 3.8) is 0 Å². The van der Waals surface area contributed by atoms with Crippen LogP contribution >= 0.6 is 23.2 Å². The molecule has 0 heterocycles. The smallest absolute Gasteiger partial charge is 0.281 e. The van der Waals surface area contributed by atoms with Gasteiger partial charge in [0.2, 0.25) is 0 Å². The molecule has 2 N–H and O–H groups in total. The van der Waals surface area contributed by atoms with E-state index < -0.39 is 12.0 Å². The van der Waals surface area contributed by atoms with Crippen LogP contribution in [0, 0.1) is 0 Å². The predicted octanol–water partition coefficient (Wildman–Crippen LogP) is 6.74. The second-order valence-corrected chi connectivity index (χ2v) is 8.85. The van der Waals surface area contributed by atoms with Crippen molar-refractivity contribution in [2.45, 2.75) is 26.1 Å². The Hall–Kier alpha value is -3.74. The molecule has 0 fully saturated rings. The lowest BCUT2D eigenvalue weighted by Crippen LogP contribution is -2.35. The number of benzene rings is 4. The summed E-state index contributed by atoms with van der Waals surface area (Å²) < 4.78 is 11.7. The molecule has 1 atom stereocenters. The molecule has 0 aliphatic rings. The van der Waals surface area contributed by atoms with Gasteiger partial charge in [-0.3, -0.25) is 4.79 Å². The second kappa shape index (κ2) is 11.8. The van der Waals surface area contributed by atoms with Crippen molar-refractivity contribution in [1.29, 1.82) is 0 Å². The van der Waals surface area contributed by atoms with E-state index >= 15 is 0 Å². The number of nitrogens with one attached hydrogen (secondary N) is 1. The summed E-state index contributed by atoms with van der Waals surface area (Å²) in [6.45, 7) is 2.20. The molecular formula is C28H24Cl2N2O4. The maximum absolute atomic E-state index is 12.7. The average molecular weight is 523 g/mol. The minimum Gasteiger partial charge on any atom is -0.508 e. The summed E-state index contributed by atoms with van der Waals surface area (Å²) in [4.78, 5) is 12.7. The van der Waals surface area contributed by atoms with E-state index in [1.807, 2.05) is 55.5 Å². The molecule has 0 spiro atoms. The fourth-order valence-corrected chi connectivity index (χ4v) is 3.97. The maximum atomic E-state index is 12.7. The van der Waals surface area contributed by atoms with Crippen molar-refractivity contribution in [2.24, 2.45) is 5.10 Å². The Labute approximate surface area is 219 Å². The van der Waals surface area contributed by atoms with Crippen LogP contribution < -0.4 is 14.9 Å². The summed E-state index contributed by atoms with van der Waals surface area (Å²) in [5.41, 5.74) is 4.31. The van der Waals surface area contributed by atoms with Crippen LogP contribution in [0.1, 0.15) is 24.5 Å². The molecule has 0 saturated carbocycles. The Morgan fingerprint density at radius 1 is 1.06 bits per heavy atom. The predicted molar refractivity (Wildman–Crippen MR) is 143 cm³/mol. The number of phenolic OH excluding ortho intramolecular Hbond substituents is 1. The highest BCUT2D eigenvalue weighted by Crippen LogP contribution is 2.29. The summed E-state index contributed by atoms with van der Waals surface area (Å²) in [5, 5.41) is 16.3. The van der Waals surface area contributed by atoms with Crippen LogP contribution in [0.2, 0.25) is 10.0 Å². The number of halogens is 2. The number of carbonyl (C=O) groups is 1. The molecule has 1 unspecified atom stereocenters. The summed E-state index contributed by atoms with van der Waals surface area (Å²) in [6, 6.07) is 23.3. The van der Waals surface area contributed by atoms with Gasteiger partial charge in [-0.05, 0) is 65.2 Å². The number of ether oxygens (including phenoxy) is 2. The highest BCUT2D eigenvalue weighted by molar-refractivity contribution is 6.35. The van der Waals surface area contributed by atoms with Gasteiger partial charge in [0, 0.05) is 10.6 Å². The molecule has 0 aromatic heterocycles. The number of hydrogen-bond acceptors (Lipinski definition) is 5. The molecule has 36 heavy (non-hydrogen) atoms. The Balaban J connectivity index is 1.44. The molecule has 0 bridgehead atoms. The third-order valence-electron chi connectivity index (χ3n) is 5.43. The Bertz CT molecular complexity index is 1390. The van der Waals surface area contributed by atoms with Crippen LogP contribution in [0.3, 0.4) is 0 Å². The standard InChI is InChI=1S/C28H24Cl2N2O4/c1-2-26(36-27-13-9-21(29)14-25(27)30)28(34)32-31-16-20-5-3-4-19-8-12-23(15-24(19)20)35-17-18-6-10-22(33)11-7-18/h3-16,26,33H,2,17H2,1H3,(H,32,34)/b31-16+. The van der Waals surface area contributed by atoms with Crippen molar-refractivity contribution in [3.05, 3.63) is 100 Å². The molecule has 6 nitrogen and oxygen atoms in total. The van der Waals surface area contributed by atoms with Crippen molar-refractivity contribution >= 4 is 46.1 Å². The first-order valence-corrected chi connectivity index (χ1v) is 12.1. The summed E-state index contributed by atoms with van der Waals surface area (Å²) in [5.74, 6) is 0.893. The van der Waals surface area contributed by atoms with Gasteiger partial charge in [-0.25, -0.2) is 5.43 Å². The largest absolute Gasteiger partial charge is 0.508 e. The number of rotatable bonds is 9. The topological polar surface area (TPSA) is 80.2 Å². The van der Waals surface area contributed by atoms with E-state index in [-0.39, 0.29) is 5.75 Å². The zero-order valence-electron chi connectivity index (χ0n) is 19.4. The molecule has 0 saturated heterocycles. The minimum absolute atomic E-state index is 0.214. The summed E-state index contributed by atoms with van der Waals surface area (Å²) >= 11 is 12.1. The maximum Gasteiger partial charge on any atom is 0.281 e. The van der Waals surface area contributed by atoms with Crippen LogP contribution in [-0.2, 0) is 11.4 Å². The van der Waals surface area contributed by atoms with Crippen LogP contribution in [0.4, 0.5) is 0 Å². The summed E-state index contributed by atoms with van der Waals surface area (Å²) in [6.07, 6.45) is 1.25. The van der Waals surface area contributed by atoms with Gasteiger partial charge in [-0.2, -0.15) is 5.10 Å². The van der Waals surface area contributed by atoms with Gasteiger partial charge >= 0.3 is 0 Å². The SMILES string of the molecule is CCC(Oc1ccc(Cl)cc1Cl)C(=O)N/N=C/c1cccc2ccc(OCc3ccc(O)cc3)cc12. The molecule has 4 aromatic carbocycles. The third-order valence-corrected chi connectivity index (χ3v) is 5.96. The van der Waals surface area contributed by atoms with Gasteiger partial charge in [0.15, 0.2) is 6.10 Å². The number of hydrazone groups is 1. The first-order chi connectivity index (χ1) is 17.4. The molecule has 0 aliphatic carbocycles. The Morgan fingerprint density at radius 2 is 1.86 bits per heavy atom. The fraction of sp³-hybridized carbons (Fsp3) is 0.143. The molecule has 8 heteroatoms. The highest BCUT2D eigenvalue weighted by Gasteiger charge is 2.19. The number of phenols is 1. The van der Waals surface area contributed by atoms with E-state index in [9.17, 15) is 9.90 Å². The number of aromatic hydroxyl groups is 1. The van der Waals surface area contributed by atoms with E-state index in [4.69, 9.17) is 32.7 Å². The van der Waals surface area contributed by atoms with Crippen molar-refractivity contribution in [1.82, 2.24) is 5.43 Å². The van der Waals surface area contributed by atoms with Gasteiger partial charge in [0.05, 0.1) is 11.2 Å². The summed E-state index contributed by atoms with van der Waals surface area (Å²) in [7, 11) is 0. The molecule has 4 aromatic rings. The molecule has 0 aliphatic heterocycles. The number of amides is 1. The van der Waals surface area contributed by atoms with Gasteiger partial charge in [-0.1, -0.05) is 66.5 Å². The van der Waals surface area contributed by atoms with Gasteiger partial charge in [0.25, 0.3) is 5.91 Å². The Kier molecular flexibility index (Phi) is 8.31. The number of carbonyl (C=O) groups excluding carboxylic acids is 1. The second-order valence-electron chi connectivity index (χ2n) is 8.01. The van der Waals surface area contributed by atoms with Crippen molar-refractivity contribution in [3.8, 4) is 17.2 Å². The van der Waals surface area contributed by atoms with Gasteiger partial charge < -0.3 is 14.6 Å². The zero-order chi connectivity index (χ0) is 25.5. The minimum atomic E-state index is -0.770. The molecule has 184 valence electrons. The van der Waals surface area contributed by atoms with E-state index in [1.54, 1.807) is 36.5 Å². The van der Waals surface area contributed by atoms with Crippen LogP contribution in [0.25, 0.3) is 10.8 Å². The normalized spacial score (nSPS) is 12.0. The van der Waals surface area contributed by atoms with E-state index in [0.717, 1.165) is 21.9 Å². The monoisotopic (exact) mass is 522 g/mol. The lowest BCUT2D eigenvalue weighted by molar-refractivity contribution is -0.128. The fourth-order valence-electron chi connectivity index (χ4n) is 3.52. The van der Waals surface area contributed by atoms with E-state index in [1.165, 1.54) is 0 Å². The number of fused-ring (bicyclic) bond motifs is 1. The van der Waals surface area contributed by atoms with Crippen LogP contribution in [-0.4, -0.2) is 23.3 Å². The van der Waals surface area contributed by atoms with Gasteiger partial charge in [0.1, 0.15) is 23.9 Å². The molecule has 4 rings (SSSR count).